The lowest BCUT2D eigenvalue weighted by molar-refractivity contribution is 0.652. The molecule has 0 saturated heterocycles. The number of thiazole rings is 1. The first-order chi connectivity index (χ1) is 6.83. The van der Waals surface area contributed by atoms with Crippen LogP contribution in [-0.4, -0.2) is 4.98 Å². The minimum atomic E-state index is 0.0856. The molecule has 0 aliphatic carbocycles. The maximum Gasteiger partial charge on any atom is 0.0913 e. The van der Waals surface area contributed by atoms with Crippen LogP contribution in [-0.2, 0) is 0 Å². The number of hydrogen-bond donors (Lipinski definition) is 2. The number of aromatic nitrogens is 1. The molecule has 2 aromatic heterocycles. The molecule has 0 saturated carbocycles. The Hall–Kier alpha value is -0.750. The highest BCUT2D eigenvalue weighted by molar-refractivity contribution is 7.11. The van der Waals surface area contributed by atoms with E-state index >= 15 is 0 Å². The normalized spacial score (nSPS) is 13.0. The van der Waals surface area contributed by atoms with Crippen molar-refractivity contribution in [1.29, 1.82) is 0 Å². The number of hydrogen-bond acceptors (Lipinski definition) is 5. The number of thiophene rings is 1. The van der Waals surface area contributed by atoms with Crippen LogP contribution < -0.4 is 11.3 Å². The quantitative estimate of drug-likeness (QED) is 0.621. The zero-order chi connectivity index (χ0) is 9.97. The maximum atomic E-state index is 5.56. The van der Waals surface area contributed by atoms with Gasteiger partial charge in [0.05, 0.1) is 11.6 Å². The monoisotopic (exact) mass is 225 g/mol. The Morgan fingerprint density at radius 3 is 2.86 bits per heavy atom. The van der Waals surface area contributed by atoms with Crippen molar-refractivity contribution in [3.8, 4) is 0 Å². The van der Waals surface area contributed by atoms with E-state index in [9.17, 15) is 0 Å². The van der Waals surface area contributed by atoms with Crippen molar-refractivity contribution in [2.24, 2.45) is 5.84 Å². The molecule has 2 heterocycles. The molecule has 0 aliphatic rings. The highest BCUT2D eigenvalue weighted by atomic mass is 32.1. The molecule has 5 heteroatoms. The minimum Gasteiger partial charge on any atom is -0.271 e. The van der Waals surface area contributed by atoms with Gasteiger partial charge in [-0.3, -0.25) is 10.8 Å². The maximum absolute atomic E-state index is 5.56. The summed E-state index contributed by atoms with van der Waals surface area (Å²) < 4.78 is 0. The molecular weight excluding hydrogens is 214 g/mol. The van der Waals surface area contributed by atoms with E-state index in [1.54, 1.807) is 22.7 Å². The first-order valence-corrected chi connectivity index (χ1v) is 5.97. The first-order valence-electron chi connectivity index (χ1n) is 4.21. The molecule has 0 spiro atoms. The summed E-state index contributed by atoms with van der Waals surface area (Å²) in [5, 5.41) is 2.08. The number of nitrogens with two attached hydrogens (primary N) is 1. The van der Waals surface area contributed by atoms with Crippen molar-refractivity contribution < 1.29 is 0 Å². The van der Waals surface area contributed by atoms with E-state index in [2.05, 4.69) is 28.8 Å². The number of aryl methyl sites for hydroxylation is 1. The van der Waals surface area contributed by atoms with E-state index in [0.717, 1.165) is 4.88 Å². The van der Waals surface area contributed by atoms with Gasteiger partial charge in [-0.2, -0.15) is 0 Å². The number of rotatable bonds is 3. The van der Waals surface area contributed by atoms with Gasteiger partial charge < -0.3 is 0 Å². The standard InChI is InChI=1S/C9H11N3S2/c1-6-2-3-13-9(6)8(12-10)7-4-11-5-14-7/h2-5,8,12H,10H2,1H3. The fourth-order valence-corrected chi connectivity index (χ4v) is 3.10. The van der Waals surface area contributed by atoms with Crippen molar-refractivity contribution in [2.75, 3.05) is 0 Å². The fourth-order valence-electron chi connectivity index (χ4n) is 1.34. The van der Waals surface area contributed by atoms with Crippen molar-refractivity contribution >= 4 is 22.7 Å². The molecule has 0 radical (unpaired) electrons. The van der Waals surface area contributed by atoms with Crippen molar-refractivity contribution in [3.63, 3.8) is 0 Å². The van der Waals surface area contributed by atoms with Crippen molar-refractivity contribution in [1.82, 2.24) is 10.4 Å². The summed E-state index contributed by atoms with van der Waals surface area (Å²) in [6.07, 6.45) is 1.86. The average molecular weight is 225 g/mol. The van der Waals surface area contributed by atoms with E-state index in [-0.39, 0.29) is 6.04 Å². The van der Waals surface area contributed by atoms with E-state index in [1.165, 1.54) is 10.4 Å². The fraction of sp³-hybridized carbons (Fsp3) is 0.222. The molecule has 0 amide bonds. The Kier molecular flexibility index (Phi) is 2.93. The third kappa shape index (κ3) is 1.72. The lowest BCUT2D eigenvalue weighted by Crippen LogP contribution is -2.27. The second-order valence-corrected chi connectivity index (χ2v) is 4.84. The predicted octanol–water partition coefficient (Wildman–Crippen LogP) is 2.07. The van der Waals surface area contributed by atoms with Gasteiger partial charge >= 0.3 is 0 Å². The molecule has 2 aromatic rings. The molecule has 74 valence electrons. The zero-order valence-corrected chi connectivity index (χ0v) is 9.36. The lowest BCUT2D eigenvalue weighted by Gasteiger charge is -2.12. The van der Waals surface area contributed by atoms with Crippen molar-refractivity contribution in [3.05, 3.63) is 38.5 Å². The summed E-state index contributed by atoms with van der Waals surface area (Å²) >= 11 is 3.33. The van der Waals surface area contributed by atoms with Gasteiger partial charge in [-0.05, 0) is 23.9 Å². The van der Waals surface area contributed by atoms with Gasteiger partial charge in [0.1, 0.15) is 0 Å². The van der Waals surface area contributed by atoms with Gasteiger partial charge in [0, 0.05) is 16.0 Å². The molecule has 0 aromatic carbocycles. The van der Waals surface area contributed by atoms with Crippen LogP contribution in [0.2, 0.25) is 0 Å². The van der Waals surface area contributed by atoms with Crippen LogP contribution in [0.1, 0.15) is 21.4 Å². The number of nitrogens with zero attached hydrogens (tertiary/aromatic N) is 1. The highest BCUT2D eigenvalue weighted by Crippen LogP contribution is 2.30. The van der Waals surface area contributed by atoms with Gasteiger partial charge in [0.15, 0.2) is 0 Å². The van der Waals surface area contributed by atoms with E-state index < -0.39 is 0 Å². The average Bonchev–Trinajstić information content (AvgIpc) is 2.80. The molecule has 3 N–H and O–H groups in total. The second kappa shape index (κ2) is 4.18. The predicted molar refractivity (Wildman–Crippen MR) is 60.3 cm³/mol. The van der Waals surface area contributed by atoms with Crippen LogP contribution in [0.3, 0.4) is 0 Å². The molecule has 0 aliphatic heterocycles. The molecule has 2 rings (SSSR count). The molecule has 3 nitrogen and oxygen atoms in total. The Labute approximate surface area is 90.6 Å². The molecule has 1 unspecified atom stereocenters. The number of nitrogens with one attached hydrogen (secondary N) is 1. The summed E-state index contributed by atoms with van der Waals surface area (Å²) in [5.74, 6) is 5.56. The van der Waals surface area contributed by atoms with Gasteiger partial charge in [0.2, 0.25) is 0 Å². The third-order valence-corrected chi connectivity index (χ3v) is 3.99. The largest absolute Gasteiger partial charge is 0.271 e. The van der Waals surface area contributed by atoms with Crippen molar-refractivity contribution in [2.45, 2.75) is 13.0 Å². The van der Waals surface area contributed by atoms with Crippen LogP contribution in [0, 0.1) is 6.92 Å². The summed E-state index contributed by atoms with van der Waals surface area (Å²) in [4.78, 5) is 6.47. The smallest absolute Gasteiger partial charge is 0.0913 e. The molecule has 1 atom stereocenters. The summed E-state index contributed by atoms with van der Waals surface area (Å²) in [7, 11) is 0. The Morgan fingerprint density at radius 1 is 1.50 bits per heavy atom. The highest BCUT2D eigenvalue weighted by Gasteiger charge is 2.16. The van der Waals surface area contributed by atoms with Crippen LogP contribution in [0.25, 0.3) is 0 Å². The third-order valence-electron chi connectivity index (χ3n) is 2.07. The first kappa shape index (κ1) is 9.79. The summed E-state index contributed by atoms with van der Waals surface area (Å²) in [6, 6.07) is 2.19. The van der Waals surface area contributed by atoms with Crippen LogP contribution in [0.4, 0.5) is 0 Å². The Balaban J connectivity index is 2.36. The van der Waals surface area contributed by atoms with E-state index in [1.807, 2.05) is 11.7 Å². The second-order valence-electron chi connectivity index (χ2n) is 2.97. The van der Waals surface area contributed by atoms with Gasteiger partial charge in [-0.1, -0.05) is 0 Å². The SMILES string of the molecule is Cc1ccsc1C(NN)c1cncs1. The molecule has 14 heavy (non-hydrogen) atoms. The number of hydrazine groups is 1. The summed E-state index contributed by atoms with van der Waals surface area (Å²) in [5.41, 5.74) is 5.92. The van der Waals surface area contributed by atoms with Gasteiger partial charge in [-0.25, -0.2) is 5.43 Å². The van der Waals surface area contributed by atoms with Gasteiger partial charge in [0.25, 0.3) is 0 Å². The minimum absolute atomic E-state index is 0.0856. The Morgan fingerprint density at radius 2 is 2.36 bits per heavy atom. The van der Waals surface area contributed by atoms with Crippen LogP contribution >= 0.6 is 22.7 Å². The van der Waals surface area contributed by atoms with Gasteiger partial charge in [-0.15, -0.1) is 22.7 Å². The molecule has 0 fully saturated rings. The topological polar surface area (TPSA) is 50.9 Å². The Bertz CT molecular complexity index is 394. The molecular formula is C9H11N3S2. The zero-order valence-electron chi connectivity index (χ0n) is 7.73. The lowest BCUT2D eigenvalue weighted by atomic mass is 10.1. The van der Waals surface area contributed by atoms with Crippen LogP contribution in [0.5, 0.6) is 0 Å². The molecule has 0 bridgehead atoms. The summed E-state index contributed by atoms with van der Waals surface area (Å²) in [6.45, 7) is 2.09. The van der Waals surface area contributed by atoms with Crippen LogP contribution in [0.15, 0.2) is 23.2 Å². The van der Waals surface area contributed by atoms with E-state index in [0.29, 0.717) is 0 Å². The van der Waals surface area contributed by atoms with E-state index in [4.69, 9.17) is 5.84 Å².